The molecule has 0 aliphatic carbocycles. The van der Waals surface area contributed by atoms with Crippen LogP contribution in [0.1, 0.15) is 41.4 Å². The first-order chi connectivity index (χ1) is 17.2. The van der Waals surface area contributed by atoms with Gasteiger partial charge in [-0.25, -0.2) is 0 Å². The lowest BCUT2D eigenvalue weighted by Gasteiger charge is -2.35. The summed E-state index contributed by atoms with van der Waals surface area (Å²) in [6.07, 6.45) is 2.67. The highest BCUT2D eigenvalue weighted by Crippen LogP contribution is 2.48. The van der Waals surface area contributed by atoms with E-state index in [1.807, 2.05) is 36.0 Å². The fraction of sp³-hybridized carbons (Fsp3) is 0.379. The molecule has 3 aromatic carbocycles. The number of phenolic OH excluding ortho intramolecular Hbond substituents is 1. The zero-order valence-electron chi connectivity index (χ0n) is 20.4. The molecule has 2 aliphatic heterocycles. The van der Waals surface area contributed by atoms with Gasteiger partial charge in [0.15, 0.2) is 11.5 Å². The van der Waals surface area contributed by atoms with Gasteiger partial charge in [-0.15, -0.1) is 11.8 Å². The number of likely N-dealkylation sites (tertiary alicyclic amines) is 1. The number of thioether (sulfide) groups is 1. The molecule has 0 amide bonds. The van der Waals surface area contributed by atoms with Crippen LogP contribution >= 0.6 is 11.8 Å². The van der Waals surface area contributed by atoms with E-state index < -0.39 is 0 Å². The van der Waals surface area contributed by atoms with Crippen LogP contribution in [0, 0.1) is 0 Å². The van der Waals surface area contributed by atoms with Crippen molar-refractivity contribution in [2.75, 3.05) is 46.2 Å². The van der Waals surface area contributed by atoms with Gasteiger partial charge in [-0.2, -0.15) is 0 Å². The molecule has 1 fully saturated rings. The molecule has 0 aromatic heterocycles. The lowest BCUT2D eigenvalue weighted by molar-refractivity contribution is 0.247. The lowest BCUT2D eigenvalue weighted by atomic mass is 9.76. The number of hydrogen-bond acceptors (Lipinski definition) is 6. The summed E-state index contributed by atoms with van der Waals surface area (Å²) in [7, 11) is 3.30. The van der Waals surface area contributed by atoms with Crippen molar-refractivity contribution in [1.82, 2.24) is 4.90 Å². The lowest BCUT2D eigenvalue weighted by Crippen LogP contribution is -2.25. The van der Waals surface area contributed by atoms with Crippen LogP contribution in [0.25, 0.3) is 0 Å². The summed E-state index contributed by atoms with van der Waals surface area (Å²) < 4.78 is 17.2. The van der Waals surface area contributed by atoms with E-state index >= 15 is 0 Å². The third-order valence-corrected chi connectivity index (χ3v) is 8.09. The molecule has 0 bridgehead atoms. The Balaban J connectivity index is 1.43. The first kappa shape index (κ1) is 23.9. The van der Waals surface area contributed by atoms with E-state index in [9.17, 15) is 5.11 Å². The Kier molecular flexibility index (Phi) is 7.40. The van der Waals surface area contributed by atoms with Gasteiger partial charge in [-0.1, -0.05) is 18.2 Å². The number of ether oxygens (including phenoxy) is 3. The van der Waals surface area contributed by atoms with Gasteiger partial charge >= 0.3 is 0 Å². The van der Waals surface area contributed by atoms with Crippen molar-refractivity contribution in [2.45, 2.75) is 29.6 Å². The van der Waals surface area contributed by atoms with Gasteiger partial charge in [0.25, 0.3) is 0 Å². The second-order valence-electron chi connectivity index (χ2n) is 9.20. The maximum Gasteiger partial charge on any atom is 0.160 e. The molecule has 35 heavy (non-hydrogen) atoms. The zero-order valence-corrected chi connectivity index (χ0v) is 21.2. The van der Waals surface area contributed by atoms with Crippen molar-refractivity contribution in [3.63, 3.8) is 0 Å². The van der Waals surface area contributed by atoms with E-state index in [2.05, 4.69) is 35.2 Å². The SMILES string of the molecule is COc1ccc([C@@H]2COc3ccc(O)cc3[C@@H]2c2ccc(SCCN3CCCC3)cc2)cc1OC. The predicted molar refractivity (Wildman–Crippen MR) is 141 cm³/mol. The Hall–Kier alpha value is -2.83. The molecule has 0 radical (unpaired) electrons. The van der Waals surface area contributed by atoms with E-state index in [-0.39, 0.29) is 17.6 Å². The van der Waals surface area contributed by atoms with E-state index in [4.69, 9.17) is 14.2 Å². The molecule has 2 aliphatic rings. The quantitative estimate of drug-likeness (QED) is 0.396. The number of methoxy groups -OCH3 is 2. The molecule has 0 saturated carbocycles. The van der Waals surface area contributed by atoms with Crippen LogP contribution in [-0.2, 0) is 0 Å². The number of aromatic hydroxyl groups is 1. The molecule has 6 heteroatoms. The van der Waals surface area contributed by atoms with Crippen molar-refractivity contribution in [1.29, 1.82) is 0 Å². The molecule has 5 nitrogen and oxygen atoms in total. The largest absolute Gasteiger partial charge is 0.508 e. The maximum atomic E-state index is 10.3. The van der Waals surface area contributed by atoms with Gasteiger partial charge in [0.2, 0.25) is 0 Å². The van der Waals surface area contributed by atoms with Crippen molar-refractivity contribution < 1.29 is 19.3 Å². The third-order valence-electron chi connectivity index (χ3n) is 7.10. The molecule has 1 saturated heterocycles. The smallest absolute Gasteiger partial charge is 0.160 e. The first-order valence-electron chi connectivity index (χ1n) is 12.3. The van der Waals surface area contributed by atoms with Gasteiger partial charge in [-0.3, -0.25) is 0 Å². The molecule has 5 rings (SSSR count). The average Bonchev–Trinajstić information content (AvgIpc) is 3.41. The summed E-state index contributed by atoms with van der Waals surface area (Å²) in [4.78, 5) is 3.85. The molecule has 0 spiro atoms. The average molecular weight is 492 g/mol. The minimum Gasteiger partial charge on any atom is -0.508 e. The fourth-order valence-electron chi connectivity index (χ4n) is 5.26. The topological polar surface area (TPSA) is 51.2 Å². The summed E-state index contributed by atoms with van der Waals surface area (Å²) in [5.74, 6) is 3.72. The highest BCUT2D eigenvalue weighted by molar-refractivity contribution is 7.99. The maximum absolute atomic E-state index is 10.3. The van der Waals surface area contributed by atoms with E-state index in [1.165, 1.54) is 36.4 Å². The number of nitrogens with zero attached hydrogens (tertiary/aromatic N) is 1. The van der Waals surface area contributed by atoms with E-state index in [0.29, 0.717) is 18.1 Å². The Labute approximate surface area is 212 Å². The fourth-order valence-corrected chi connectivity index (χ4v) is 6.17. The highest BCUT2D eigenvalue weighted by atomic mass is 32.2. The van der Waals surface area contributed by atoms with Crippen LogP contribution in [-0.4, -0.2) is 56.2 Å². The van der Waals surface area contributed by atoms with Crippen molar-refractivity contribution in [3.05, 3.63) is 77.4 Å². The Morgan fingerprint density at radius 1 is 0.914 bits per heavy atom. The Bertz CT molecular complexity index is 1140. The van der Waals surface area contributed by atoms with Crippen molar-refractivity contribution in [2.24, 2.45) is 0 Å². The van der Waals surface area contributed by atoms with Gasteiger partial charge in [0.05, 0.1) is 20.8 Å². The van der Waals surface area contributed by atoms with Gasteiger partial charge in [0, 0.05) is 34.6 Å². The summed E-state index contributed by atoms with van der Waals surface area (Å²) >= 11 is 1.92. The summed E-state index contributed by atoms with van der Waals surface area (Å²) in [5, 5.41) is 10.3. The number of phenols is 1. The molecule has 184 valence electrons. The van der Waals surface area contributed by atoms with Crippen molar-refractivity contribution >= 4 is 11.8 Å². The summed E-state index contributed by atoms with van der Waals surface area (Å²) in [6, 6.07) is 20.4. The van der Waals surface area contributed by atoms with Gasteiger partial charge in [-0.05, 0) is 79.5 Å². The second kappa shape index (κ2) is 10.8. The summed E-state index contributed by atoms with van der Waals surface area (Å²) in [5.41, 5.74) is 3.33. The van der Waals surface area contributed by atoms with Crippen LogP contribution in [0.4, 0.5) is 0 Å². The van der Waals surface area contributed by atoms with Crippen LogP contribution in [0.15, 0.2) is 65.6 Å². The second-order valence-corrected chi connectivity index (χ2v) is 10.4. The van der Waals surface area contributed by atoms with Crippen LogP contribution in [0.2, 0.25) is 0 Å². The highest BCUT2D eigenvalue weighted by Gasteiger charge is 2.34. The molecule has 2 atom stereocenters. The van der Waals surface area contributed by atoms with Crippen molar-refractivity contribution in [3.8, 4) is 23.0 Å². The van der Waals surface area contributed by atoms with E-state index in [0.717, 1.165) is 29.2 Å². The van der Waals surface area contributed by atoms with Crippen LogP contribution in [0.5, 0.6) is 23.0 Å². The molecule has 1 N–H and O–H groups in total. The van der Waals surface area contributed by atoms with Gasteiger partial charge in [0.1, 0.15) is 11.5 Å². The number of fused-ring (bicyclic) bond motifs is 1. The summed E-state index contributed by atoms with van der Waals surface area (Å²) in [6.45, 7) is 4.19. The number of rotatable bonds is 8. The molecular formula is C29H33NO4S. The predicted octanol–water partition coefficient (Wildman–Crippen LogP) is 5.91. The molecular weight excluding hydrogens is 458 g/mol. The minimum atomic E-state index is 0.0487. The molecule has 0 unspecified atom stereocenters. The Morgan fingerprint density at radius 2 is 1.66 bits per heavy atom. The van der Waals surface area contributed by atoms with E-state index in [1.54, 1.807) is 20.3 Å². The number of benzene rings is 3. The minimum absolute atomic E-state index is 0.0487. The molecule has 3 aromatic rings. The first-order valence-corrected chi connectivity index (χ1v) is 13.3. The Morgan fingerprint density at radius 3 is 2.40 bits per heavy atom. The number of hydrogen-bond donors (Lipinski definition) is 1. The zero-order chi connectivity index (χ0) is 24.2. The molecule has 2 heterocycles. The standard InChI is InChI=1S/C29H33NO4S/c1-32-27-11-7-21(17-28(27)33-2)25-19-34-26-12-8-22(31)18-24(26)29(25)20-5-9-23(10-6-20)35-16-15-30-13-3-4-14-30/h5-12,17-18,25,29,31H,3-4,13-16,19H2,1-2H3/t25-,29-/m0/s1. The normalized spacial score (nSPS) is 19.7. The third kappa shape index (κ3) is 5.24. The van der Waals surface area contributed by atoms with Crippen LogP contribution in [0.3, 0.4) is 0 Å². The van der Waals surface area contributed by atoms with Crippen LogP contribution < -0.4 is 14.2 Å². The monoisotopic (exact) mass is 491 g/mol. The van der Waals surface area contributed by atoms with Gasteiger partial charge < -0.3 is 24.2 Å².